The Balaban J connectivity index is 1.75. The van der Waals surface area contributed by atoms with Gasteiger partial charge in [0, 0.05) is 36.3 Å². The normalized spacial score (nSPS) is 15.5. The molecular formula is C21H16N3O4-. The van der Waals surface area contributed by atoms with Crippen LogP contribution in [0.15, 0.2) is 60.4 Å². The molecule has 7 heteroatoms. The molecular weight excluding hydrogens is 358 g/mol. The van der Waals surface area contributed by atoms with Crippen molar-refractivity contribution in [2.75, 3.05) is 7.05 Å². The molecule has 1 aliphatic rings. The van der Waals surface area contributed by atoms with Crippen LogP contribution in [0.25, 0.3) is 17.0 Å². The van der Waals surface area contributed by atoms with Gasteiger partial charge in [0.05, 0.1) is 5.97 Å². The number of aromatic carboxylic acids is 1. The maximum atomic E-state index is 12.2. The molecule has 0 aliphatic carbocycles. The minimum Gasteiger partial charge on any atom is -0.545 e. The summed E-state index contributed by atoms with van der Waals surface area (Å²) in [6.45, 7) is 0.449. The van der Waals surface area contributed by atoms with E-state index in [2.05, 4.69) is 5.32 Å². The lowest BCUT2D eigenvalue weighted by Gasteiger charge is -2.08. The van der Waals surface area contributed by atoms with Crippen molar-refractivity contribution in [1.29, 1.82) is 0 Å². The maximum absolute atomic E-state index is 12.2. The number of aromatic nitrogens is 1. The highest BCUT2D eigenvalue weighted by atomic mass is 16.4. The number of nitrogens with one attached hydrogen (secondary N) is 1. The van der Waals surface area contributed by atoms with Gasteiger partial charge in [-0.1, -0.05) is 36.4 Å². The highest BCUT2D eigenvalue weighted by Gasteiger charge is 2.30. The summed E-state index contributed by atoms with van der Waals surface area (Å²) in [5.74, 6) is -1.60. The van der Waals surface area contributed by atoms with Gasteiger partial charge in [-0.15, -0.1) is 0 Å². The molecule has 140 valence electrons. The van der Waals surface area contributed by atoms with Crippen LogP contribution >= 0.6 is 0 Å². The van der Waals surface area contributed by atoms with Crippen LogP contribution < -0.4 is 10.4 Å². The highest BCUT2D eigenvalue weighted by Crippen LogP contribution is 2.25. The summed E-state index contributed by atoms with van der Waals surface area (Å²) in [6.07, 6.45) is 3.53. The van der Waals surface area contributed by atoms with Crippen LogP contribution in [0.2, 0.25) is 0 Å². The lowest BCUT2D eigenvalue weighted by molar-refractivity contribution is -0.255. The van der Waals surface area contributed by atoms with E-state index in [0.717, 1.165) is 26.9 Å². The van der Waals surface area contributed by atoms with Crippen LogP contribution in [0.5, 0.6) is 0 Å². The quantitative estimate of drug-likeness (QED) is 0.554. The number of carbonyl (C=O) groups excluding carboxylic acids is 3. The van der Waals surface area contributed by atoms with Gasteiger partial charge < -0.3 is 19.8 Å². The van der Waals surface area contributed by atoms with Crippen LogP contribution in [0.4, 0.5) is 4.79 Å². The van der Waals surface area contributed by atoms with E-state index < -0.39 is 12.0 Å². The summed E-state index contributed by atoms with van der Waals surface area (Å²) in [5, 5.41) is 14.6. The first kappa shape index (κ1) is 17.5. The van der Waals surface area contributed by atoms with Crippen molar-refractivity contribution < 1.29 is 19.5 Å². The van der Waals surface area contributed by atoms with Gasteiger partial charge >= 0.3 is 6.03 Å². The number of rotatable bonds is 4. The zero-order valence-corrected chi connectivity index (χ0v) is 15.0. The fraction of sp³-hybridized carbons (Fsp3) is 0.0952. The van der Waals surface area contributed by atoms with Gasteiger partial charge in [0.1, 0.15) is 5.70 Å². The van der Waals surface area contributed by atoms with E-state index in [-0.39, 0.29) is 17.2 Å². The Morgan fingerprint density at radius 2 is 1.93 bits per heavy atom. The number of nitrogens with zero attached hydrogens (tertiary/aromatic N) is 2. The molecule has 0 atom stereocenters. The standard InChI is InChI=1S/C21H17N3O4/c1-23-19(25)17(22-21(23)28)10-15-12-24(18-8-3-2-7-16(15)18)11-13-5-4-6-14(9-13)20(26)27/h2-10,12H,11H2,1H3,(H,22,28)(H,26,27)/p-1/b17-10+. The van der Waals surface area contributed by atoms with Gasteiger partial charge in [0.15, 0.2) is 0 Å². The summed E-state index contributed by atoms with van der Waals surface area (Å²) < 4.78 is 1.97. The summed E-state index contributed by atoms with van der Waals surface area (Å²) in [4.78, 5) is 36.0. The van der Waals surface area contributed by atoms with Crippen LogP contribution in [0.3, 0.4) is 0 Å². The Labute approximate surface area is 160 Å². The molecule has 1 aliphatic heterocycles. The molecule has 28 heavy (non-hydrogen) atoms. The van der Waals surface area contributed by atoms with Gasteiger partial charge in [0.2, 0.25) is 0 Å². The first-order valence-electron chi connectivity index (χ1n) is 8.63. The number of urea groups is 1. The maximum Gasteiger partial charge on any atom is 0.328 e. The highest BCUT2D eigenvalue weighted by molar-refractivity contribution is 6.14. The smallest absolute Gasteiger partial charge is 0.328 e. The molecule has 2 heterocycles. The molecule has 0 unspecified atom stereocenters. The van der Waals surface area contributed by atoms with Gasteiger partial charge in [-0.2, -0.15) is 0 Å². The van der Waals surface area contributed by atoms with Crippen molar-refractivity contribution in [3.8, 4) is 0 Å². The molecule has 1 aromatic heterocycles. The molecule has 0 bridgehead atoms. The van der Waals surface area contributed by atoms with Crippen molar-refractivity contribution in [3.63, 3.8) is 0 Å². The van der Waals surface area contributed by atoms with E-state index in [1.807, 2.05) is 41.1 Å². The number of likely N-dealkylation sites (N-methyl/N-ethyl adjacent to an activating group) is 1. The largest absolute Gasteiger partial charge is 0.545 e. The third-order valence-electron chi connectivity index (χ3n) is 4.72. The second-order valence-electron chi connectivity index (χ2n) is 6.57. The van der Waals surface area contributed by atoms with Crippen LogP contribution in [0, 0.1) is 0 Å². The molecule has 0 saturated carbocycles. The second kappa shape index (κ2) is 6.70. The fourth-order valence-corrected chi connectivity index (χ4v) is 3.29. The summed E-state index contributed by atoms with van der Waals surface area (Å²) >= 11 is 0. The molecule has 1 saturated heterocycles. The van der Waals surface area contributed by atoms with Gasteiger partial charge in [-0.3, -0.25) is 9.69 Å². The van der Waals surface area contributed by atoms with Gasteiger partial charge in [-0.05, 0) is 29.3 Å². The van der Waals surface area contributed by atoms with Gasteiger partial charge in [-0.25, -0.2) is 4.79 Å². The van der Waals surface area contributed by atoms with E-state index in [4.69, 9.17) is 0 Å². The molecule has 0 radical (unpaired) electrons. The summed E-state index contributed by atoms with van der Waals surface area (Å²) in [6, 6.07) is 13.8. The Morgan fingerprint density at radius 1 is 1.14 bits per heavy atom. The predicted molar refractivity (Wildman–Crippen MR) is 101 cm³/mol. The molecule has 1 N–H and O–H groups in total. The fourth-order valence-electron chi connectivity index (χ4n) is 3.29. The first-order chi connectivity index (χ1) is 13.4. The van der Waals surface area contributed by atoms with Crippen molar-refractivity contribution in [3.05, 3.63) is 77.1 Å². The Bertz CT molecular complexity index is 1160. The lowest BCUT2D eigenvalue weighted by atomic mass is 10.1. The third kappa shape index (κ3) is 3.03. The Kier molecular flexibility index (Phi) is 4.19. The van der Waals surface area contributed by atoms with Gasteiger partial charge in [0.25, 0.3) is 5.91 Å². The van der Waals surface area contributed by atoms with E-state index >= 15 is 0 Å². The van der Waals surface area contributed by atoms with Crippen molar-refractivity contribution in [2.45, 2.75) is 6.54 Å². The zero-order valence-electron chi connectivity index (χ0n) is 15.0. The third-order valence-corrected chi connectivity index (χ3v) is 4.72. The number of hydrogen-bond donors (Lipinski definition) is 1. The van der Waals surface area contributed by atoms with Crippen molar-refractivity contribution in [2.24, 2.45) is 0 Å². The van der Waals surface area contributed by atoms with Crippen LogP contribution in [0.1, 0.15) is 21.5 Å². The number of para-hydroxylation sites is 1. The first-order valence-corrected chi connectivity index (χ1v) is 8.63. The van der Waals surface area contributed by atoms with Crippen molar-refractivity contribution in [1.82, 2.24) is 14.8 Å². The molecule has 4 rings (SSSR count). The molecule has 3 amide bonds. The van der Waals surface area contributed by atoms with E-state index in [9.17, 15) is 19.5 Å². The van der Waals surface area contributed by atoms with Crippen LogP contribution in [-0.2, 0) is 11.3 Å². The number of amides is 3. The van der Waals surface area contributed by atoms with Crippen LogP contribution in [-0.4, -0.2) is 34.4 Å². The number of imide groups is 1. The topological polar surface area (TPSA) is 94.5 Å². The SMILES string of the molecule is CN1C(=O)N/C(=C/c2cn(Cc3cccc(C(=O)[O-])c3)c3ccccc23)C1=O. The minimum atomic E-state index is -1.22. The van der Waals surface area contributed by atoms with E-state index in [1.165, 1.54) is 13.1 Å². The van der Waals surface area contributed by atoms with E-state index in [0.29, 0.717) is 6.54 Å². The predicted octanol–water partition coefficient (Wildman–Crippen LogP) is 1.58. The molecule has 2 aromatic carbocycles. The molecule has 7 nitrogen and oxygen atoms in total. The zero-order chi connectivity index (χ0) is 19.8. The Hall–Kier alpha value is -3.87. The minimum absolute atomic E-state index is 0.124. The number of fused-ring (bicyclic) bond motifs is 1. The Morgan fingerprint density at radius 3 is 2.64 bits per heavy atom. The molecule has 3 aromatic rings. The second-order valence-corrected chi connectivity index (χ2v) is 6.57. The lowest BCUT2D eigenvalue weighted by Crippen LogP contribution is -2.25. The average molecular weight is 374 g/mol. The number of carbonyl (C=O) groups is 3. The summed E-state index contributed by atoms with van der Waals surface area (Å²) in [7, 11) is 1.42. The number of carboxylic acids is 1. The number of benzene rings is 2. The molecule has 0 spiro atoms. The number of carboxylic acid groups (broad SMARTS) is 1. The number of hydrogen-bond acceptors (Lipinski definition) is 4. The monoisotopic (exact) mass is 374 g/mol. The molecule has 1 fully saturated rings. The average Bonchev–Trinajstić information content (AvgIpc) is 3.15. The summed E-state index contributed by atoms with van der Waals surface area (Å²) in [5.41, 5.74) is 2.86. The van der Waals surface area contributed by atoms with E-state index in [1.54, 1.807) is 18.2 Å². The van der Waals surface area contributed by atoms with Crippen molar-refractivity contribution >= 4 is 34.9 Å².